The number of thiocarbonyl (C=S) groups is 1. The van der Waals surface area contributed by atoms with E-state index in [-0.39, 0.29) is 5.91 Å². The molecule has 4 rings (SSSR count). The molecule has 2 aromatic carbocycles. The van der Waals surface area contributed by atoms with Crippen molar-refractivity contribution in [3.8, 4) is 11.3 Å². The molecule has 1 aromatic heterocycles. The molecule has 134 valence electrons. The molecule has 2 heterocycles. The van der Waals surface area contributed by atoms with Crippen molar-refractivity contribution >= 4 is 56.2 Å². The second-order valence-electron chi connectivity index (χ2n) is 5.96. The van der Waals surface area contributed by atoms with Gasteiger partial charge in [-0.25, -0.2) is 0 Å². The van der Waals surface area contributed by atoms with Crippen LogP contribution in [0.1, 0.15) is 11.3 Å². The molecule has 6 heteroatoms. The number of furan rings is 1. The lowest BCUT2D eigenvalue weighted by Crippen LogP contribution is -2.27. The molecule has 0 unspecified atom stereocenters. The van der Waals surface area contributed by atoms with Gasteiger partial charge in [0, 0.05) is 16.1 Å². The van der Waals surface area contributed by atoms with Crippen LogP contribution < -0.4 is 0 Å². The predicted molar refractivity (Wildman–Crippen MR) is 117 cm³/mol. The lowest BCUT2D eigenvalue weighted by atomic mass is 10.2. The average molecular weight is 456 g/mol. The lowest BCUT2D eigenvalue weighted by molar-refractivity contribution is -0.122. The molecule has 0 bridgehead atoms. The zero-order chi connectivity index (χ0) is 18.8. The van der Waals surface area contributed by atoms with Gasteiger partial charge < -0.3 is 4.42 Å². The van der Waals surface area contributed by atoms with Gasteiger partial charge in [-0.05, 0) is 29.8 Å². The first-order valence-corrected chi connectivity index (χ1v) is 10.3. The van der Waals surface area contributed by atoms with Crippen LogP contribution in [0.3, 0.4) is 0 Å². The number of amides is 1. The second kappa shape index (κ2) is 7.84. The molecular weight excluding hydrogens is 442 g/mol. The Morgan fingerprint density at radius 1 is 1.04 bits per heavy atom. The van der Waals surface area contributed by atoms with Crippen molar-refractivity contribution in [3.05, 3.63) is 87.4 Å². The molecule has 1 aliphatic heterocycles. The standard InChI is InChI=1S/C21H14BrNO2S2/c22-16-8-6-15(7-9-16)18-11-10-17(25-18)12-19-20(24)23(21(26)27-19)13-14-4-2-1-3-5-14/h1-12H,13H2/b19-12+. The topological polar surface area (TPSA) is 33.5 Å². The van der Waals surface area contributed by atoms with Gasteiger partial charge in [-0.3, -0.25) is 9.69 Å². The van der Waals surface area contributed by atoms with Crippen molar-refractivity contribution in [3.63, 3.8) is 0 Å². The maximum Gasteiger partial charge on any atom is 0.266 e. The Bertz CT molecular complexity index is 1030. The highest BCUT2D eigenvalue weighted by Crippen LogP contribution is 2.34. The molecule has 0 radical (unpaired) electrons. The molecule has 1 fully saturated rings. The third kappa shape index (κ3) is 4.08. The summed E-state index contributed by atoms with van der Waals surface area (Å²) >= 11 is 10.1. The van der Waals surface area contributed by atoms with Gasteiger partial charge in [0.15, 0.2) is 0 Å². The normalized spacial score (nSPS) is 15.7. The van der Waals surface area contributed by atoms with E-state index in [2.05, 4.69) is 15.9 Å². The van der Waals surface area contributed by atoms with Crippen molar-refractivity contribution in [2.45, 2.75) is 6.54 Å². The highest BCUT2D eigenvalue weighted by molar-refractivity contribution is 9.10. The molecule has 1 amide bonds. The Balaban J connectivity index is 1.53. The molecule has 0 atom stereocenters. The molecule has 27 heavy (non-hydrogen) atoms. The highest BCUT2D eigenvalue weighted by Gasteiger charge is 2.32. The van der Waals surface area contributed by atoms with Crippen LogP contribution in [-0.2, 0) is 11.3 Å². The Hall–Kier alpha value is -2.15. The molecule has 3 nitrogen and oxygen atoms in total. The van der Waals surface area contributed by atoms with Gasteiger partial charge in [0.05, 0.1) is 11.4 Å². The minimum Gasteiger partial charge on any atom is -0.457 e. The van der Waals surface area contributed by atoms with Gasteiger partial charge in [-0.2, -0.15) is 0 Å². The Kier molecular flexibility index (Phi) is 5.29. The van der Waals surface area contributed by atoms with Crippen LogP contribution in [0.25, 0.3) is 17.4 Å². The van der Waals surface area contributed by atoms with Crippen molar-refractivity contribution in [1.82, 2.24) is 4.90 Å². The number of benzene rings is 2. The fourth-order valence-corrected chi connectivity index (χ4v) is 4.23. The Morgan fingerprint density at radius 2 is 1.78 bits per heavy atom. The van der Waals surface area contributed by atoms with Crippen molar-refractivity contribution < 1.29 is 9.21 Å². The van der Waals surface area contributed by atoms with E-state index in [0.29, 0.717) is 21.5 Å². The fraction of sp³-hybridized carbons (Fsp3) is 0.0476. The summed E-state index contributed by atoms with van der Waals surface area (Å²) < 4.78 is 7.47. The largest absolute Gasteiger partial charge is 0.457 e. The van der Waals surface area contributed by atoms with Gasteiger partial charge in [-0.15, -0.1) is 0 Å². The van der Waals surface area contributed by atoms with Crippen LogP contribution in [0.5, 0.6) is 0 Å². The summed E-state index contributed by atoms with van der Waals surface area (Å²) in [6.45, 7) is 0.477. The number of halogens is 1. The molecule has 0 saturated carbocycles. The monoisotopic (exact) mass is 455 g/mol. The smallest absolute Gasteiger partial charge is 0.266 e. The summed E-state index contributed by atoms with van der Waals surface area (Å²) in [4.78, 5) is 14.9. The van der Waals surface area contributed by atoms with E-state index in [0.717, 1.165) is 21.4 Å². The zero-order valence-electron chi connectivity index (χ0n) is 14.1. The SMILES string of the molecule is O=C1/C(=C\c2ccc(-c3ccc(Br)cc3)o2)SC(=S)N1Cc1ccccc1. The van der Waals surface area contributed by atoms with Crippen LogP contribution >= 0.6 is 39.9 Å². The number of carbonyl (C=O) groups is 1. The molecule has 3 aromatic rings. The summed E-state index contributed by atoms with van der Waals surface area (Å²) in [6.07, 6.45) is 1.76. The minimum absolute atomic E-state index is 0.0876. The molecule has 1 aliphatic rings. The van der Waals surface area contributed by atoms with Crippen LogP contribution in [-0.4, -0.2) is 15.1 Å². The summed E-state index contributed by atoms with van der Waals surface area (Å²) in [6, 6.07) is 21.5. The number of nitrogens with zero attached hydrogens (tertiary/aromatic N) is 1. The highest BCUT2D eigenvalue weighted by atomic mass is 79.9. The van der Waals surface area contributed by atoms with Crippen LogP contribution in [0.2, 0.25) is 0 Å². The number of hydrogen-bond acceptors (Lipinski definition) is 4. The van der Waals surface area contributed by atoms with E-state index in [1.807, 2.05) is 66.7 Å². The Morgan fingerprint density at radius 3 is 2.52 bits per heavy atom. The fourth-order valence-electron chi connectivity index (χ4n) is 2.73. The summed E-state index contributed by atoms with van der Waals surface area (Å²) in [5.41, 5.74) is 2.03. The molecular formula is C21H14BrNO2S2. The van der Waals surface area contributed by atoms with Gasteiger partial charge in [0.2, 0.25) is 0 Å². The van der Waals surface area contributed by atoms with E-state index in [1.165, 1.54) is 11.8 Å². The second-order valence-corrected chi connectivity index (χ2v) is 8.55. The van der Waals surface area contributed by atoms with Gasteiger partial charge >= 0.3 is 0 Å². The van der Waals surface area contributed by atoms with E-state index >= 15 is 0 Å². The van der Waals surface area contributed by atoms with Crippen molar-refractivity contribution in [1.29, 1.82) is 0 Å². The molecule has 0 spiro atoms. The summed E-state index contributed by atoms with van der Waals surface area (Å²) in [7, 11) is 0. The van der Waals surface area contributed by atoms with Crippen molar-refractivity contribution in [2.75, 3.05) is 0 Å². The van der Waals surface area contributed by atoms with E-state index < -0.39 is 0 Å². The predicted octanol–water partition coefficient (Wildman–Crippen LogP) is 6.11. The van der Waals surface area contributed by atoms with E-state index in [4.69, 9.17) is 16.6 Å². The van der Waals surface area contributed by atoms with E-state index in [9.17, 15) is 4.79 Å². The van der Waals surface area contributed by atoms with Gasteiger partial charge in [-0.1, -0.05) is 82.4 Å². The molecule has 1 saturated heterocycles. The lowest BCUT2D eigenvalue weighted by Gasteiger charge is -2.14. The minimum atomic E-state index is -0.0876. The maximum absolute atomic E-state index is 12.7. The number of thioether (sulfide) groups is 1. The number of carbonyl (C=O) groups excluding carboxylic acids is 1. The van der Waals surface area contributed by atoms with Gasteiger partial charge in [0.25, 0.3) is 5.91 Å². The first-order chi connectivity index (χ1) is 13.1. The first-order valence-electron chi connectivity index (χ1n) is 8.25. The summed E-state index contributed by atoms with van der Waals surface area (Å²) in [5, 5.41) is 0. The van der Waals surface area contributed by atoms with Gasteiger partial charge in [0.1, 0.15) is 15.8 Å². The van der Waals surface area contributed by atoms with Crippen LogP contribution in [0, 0.1) is 0 Å². The third-order valence-corrected chi connectivity index (χ3v) is 5.99. The van der Waals surface area contributed by atoms with Crippen molar-refractivity contribution in [2.24, 2.45) is 0 Å². The third-order valence-electron chi connectivity index (χ3n) is 4.09. The van der Waals surface area contributed by atoms with Crippen LogP contribution in [0.15, 0.2) is 80.5 Å². The van der Waals surface area contributed by atoms with Crippen LogP contribution in [0.4, 0.5) is 0 Å². The van der Waals surface area contributed by atoms with E-state index in [1.54, 1.807) is 11.0 Å². The average Bonchev–Trinajstić information content (AvgIpc) is 3.24. The quantitative estimate of drug-likeness (QED) is 0.350. The molecule has 0 aliphatic carbocycles. The molecule has 0 N–H and O–H groups in total. The summed E-state index contributed by atoms with van der Waals surface area (Å²) in [5.74, 6) is 1.30. The maximum atomic E-state index is 12.7. The number of rotatable bonds is 4. The Labute approximate surface area is 175 Å². The number of hydrogen-bond donors (Lipinski definition) is 0. The zero-order valence-corrected chi connectivity index (χ0v) is 17.3. The first kappa shape index (κ1) is 18.2.